The Morgan fingerprint density at radius 3 is 2.12 bits per heavy atom. The summed E-state index contributed by atoms with van der Waals surface area (Å²) in [5.74, 6) is -0.941. The molecule has 4 aromatic carbocycles. The van der Waals surface area contributed by atoms with Crippen molar-refractivity contribution in [3.8, 4) is 0 Å². The number of rotatable bonds is 12. The molecule has 0 bridgehead atoms. The van der Waals surface area contributed by atoms with Gasteiger partial charge in [-0.3, -0.25) is 13.9 Å². The van der Waals surface area contributed by atoms with Gasteiger partial charge < -0.3 is 10.2 Å². The number of halogens is 2. The standard InChI is InChI=1S/C32H31Cl2N3O4S/c1-2-35-32(39)30(20-24-12-5-3-6-13-24)36(22-25-14-9-10-19-29(25)34)31(38)23-37(27-16-11-15-26(33)21-27)42(40,41)28-17-7-4-8-18-28/h3-19,21,30H,2,20,22-23H2,1H3,(H,35,39)/t30-/m1/s1. The Hall–Kier alpha value is -3.85. The molecule has 0 unspecified atom stereocenters. The van der Waals surface area contributed by atoms with Crippen LogP contribution in [0, 0.1) is 0 Å². The number of benzene rings is 4. The van der Waals surface area contributed by atoms with Crippen molar-refractivity contribution in [2.75, 3.05) is 17.4 Å². The van der Waals surface area contributed by atoms with Crippen LogP contribution < -0.4 is 9.62 Å². The number of carbonyl (C=O) groups is 2. The first kappa shape index (κ1) is 31.1. The fraction of sp³-hybridized carbons (Fsp3) is 0.188. The molecule has 4 aromatic rings. The summed E-state index contributed by atoms with van der Waals surface area (Å²) in [6.45, 7) is 1.56. The van der Waals surface area contributed by atoms with E-state index in [0.717, 1.165) is 9.87 Å². The van der Waals surface area contributed by atoms with Gasteiger partial charge in [-0.2, -0.15) is 0 Å². The van der Waals surface area contributed by atoms with Crippen molar-refractivity contribution in [2.45, 2.75) is 30.8 Å². The molecule has 42 heavy (non-hydrogen) atoms. The normalized spacial score (nSPS) is 11.9. The summed E-state index contributed by atoms with van der Waals surface area (Å²) in [6, 6.07) is 29.6. The maximum absolute atomic E-state index is 14.3. The van der Waals surface area contributed by atoms with E-state index >= 15 is 0 Å². The molecule has 7 nitrogen and oxygen atoms in total. The fourth-order valence-electron chi connectivity index (χ4n) is 4.54. The van der Waals surface area contributed by atoms with E-state index in [9.17, 15) is 18.0 Å². The number of likely N-dealkylation sites (N-methyl/N-ethyl adjacent to an activating group) is 1. The second kappa shape index (κ2) is 14.4. The molecule has 0 saturated heterocycles. The molecule has 0 aliphatic heterocycles. The lowest BCUT2D eigenvalue weighted by atomic mass is 10.0. The van der Waals surface area contributed by atoms with Crippen LogP contribution >= 0.6 is 23.2 Å². The van der Waals surface area contributed by atoms with E-state index < -0.39 is 28.5 Å². The van der Waals surface area contributed by atoms with Crippen molar-refractivity contribution < 1.29 is 18.0 Å². The number of hydrogen-bond acceptors (Lipinski definition) is 4. The van der Waals surface area contributed by atoms with Crippen LogP contribution in [0.3, 0.4) is 0 Å². The van der Waals surface area contributed by atoms with Gasteiger partial charge in [0.2, 0.25) is 11.8 Å². The number of sulfonamides is 1. The molecule has 0 spiro atoms. The molecule has 2 amide bonds. The number of anilines is 1. The van der Waals surface area contributed by atoms with Crippen LogP contribution in [-0.2, 0) is 32.6 Å². The predicted molar refractivity (Wildman–Crippen MR) is 167 cm³/mol. The molecule has 0 saturated carbocycles. The third-order valence-corrected chi connectivity index (χ3v) is 9.02. The van der Waals surface area contributed by atoms with E-state index in [1.54, 1.807) is 67.6 Å². The van der Waals surface area contributed by atoms with Gasteiger partial charge in [-0.25, -0.2) is 8.42 Å². The molecule has 1 atom stereocenters. The molecule has 0 aromatic heterocycles. The van der Waals surface area contributed by atoms with Crippen LogP contribution in [0.5, 0.6) is 0 Å². The van der Waals surface area contributed by atoms with E-state index in [1.165, 1.54) is 23.1 Å². The van der Waals surface area contributed by atoms with Crippen molar-refractivity contribution in [3.63, 3.8) is 0 Å². The van der Waals surface area contributed by atoms with Crippen molar-refractivity contribution >= 4 is 50.7 Å². The molecule has 10 heteroatoms. The fourth-order valence-corrected chi connectivity index (χ4v) is 6.34. The lowest BCUT2D eigenvalue weighted by Gasteiger charge is -2.34. The maximum atomic E-state index is 14.3. The number of carbonyl (C=O) groups excluding carboxylic acids is 2. The molecule has 4 rings (SSSR count). The second-order valence-corrected chi connectivity index (χ2v) is 12.2. The van der Waals surface area contributed by atoms with E-state index in [4.69, 9.17) is 23.2 Å². The first-order valence-corrected chi connectivity index (χ1v) is 15.6. The van der Waals surface area contributed by atoms with Gasteiger partial charge in [0.15, 0.2) is 0 Å². The molecule has 0 aliphatic carbocycles. The van der Waals surface area contributed by atoms with Crippen LogP contribution in [0.2, 0.25) is 10.0 Å². The Morgan fingerprint density at radius 2 is 1.48 bits per heavy atom. The van der Waals surface area contributed by atoms with Gasteiger partial charge in [-0.1, -0.05) is 96.0 Å². The van der Waals surface area contributed by atoms with Gasteiger partial charge in [0.1, 0.15) is 12.6 Å². The lowest BCUT2D eigenvalue weighted by Crippen LogP contribution is -2.53. The number of amides is 2. The molecule has 0 heterocycles. The number of nitrogens with one attached hydrogen (secondary N) is 1. The minimum Gasteiger partial charge on any atom is -0.355 e. The average Bonchev–Trinajstić information content (AvgIpc) is 2.99. The number of hydrogen-bond donors (Lipinski definition) is 1. The van der Waals surface area contributed by atoms with Crippen LogP contribution in [0.15, 0.2) is 114 Å². The minimum absolute atomic E-state index is 0.0120. The highest BCUT2D eigenvalue weighted by molar-refractivity contribution is 7.92. The molecular formula is C32H31Cl2N3O4S. The first-order valence-electron chi connectivity index (χ1n) is 13.4. The summed E-state index contributed by atoms with van der Waals surface area (Å²) in [7, 11) is -4.19. The molecule has 0 aliphatic rings. The monoisotopic (exact) mass is 623 g/mol. The first-order chi connectivity index (χ1) is 20.2. The Morgan fingerprint density at radius 1 is 0.833 bits per heavy atom. The van der Waals surface area contributed by atoms with Crippen molar-refractivity contribution in [2.24, 2.45) is 0 Å². The van der Waals surface area contributed by atoms with Crippen LogP contribution in [-0.4, -0.2) is 44.3 Å². The van der Waals surface area contributed by atoms with Gasteiger partial charge in [-0.15, -0.1) is 0 Å². The van der Waals surface area contributed by atoms with Crippen molar-refractivity contribution in [1.82, 2.24) is 10.2 Å². The van der Waals surface area contributed by atoms with Gasteiger partial charge >= 0.3 is 0 Å². The maximum Gasteiger partial charge on any atom is 0.264 e. The van der Waals surface area contributed by atoms with Gasteiger partial charge in [-0.05, 0) is 54.4 Å². The minimum atomic E-state index is -4.19. The predicted octanol–water partition coefficient (Wildman–Crippen LogP) is 5.96. The highest BCUT2D eigenvalue weighted by Crippen LogP contribution is 2.27. The third-order valence-electron chi connectivity index (χ3n) is 6.63. The Kier molecular flexibility index (Phi) is 10.6. The Balaban J connectivity index is 1.80. The number of nitrogens with zero attached hydrogens (tertiary/aromatic N) is 2. The molecular weight excluding hydrogens is 593 g/mol. The summed E-state index contributed by atoms with van der Waals surface area (Å²) in [6.07, 6.45) is 0.214. The van der Waals surface area contributed by atoms with E-state index in [2.05, 4.69) is 5.32 Å². The zero-order valence-electron chi connectivity index (χ0n) is 23.0. The summed E-state index contributed by atoms with van der Waals surface area (Å²) in [5.41, 5.74) is 1.68. The highest BCUT2D eigenvalue weighted by atomic mass is 35.5. The summed E-state index contributed by atoms with van der Waals surface area (Å²) >= 11 is 12.7. The van der Waals surface area contributed by atoms with Crippen LogP contribution in [0.25, 0.3) is 0 Å². The van der Waals surface area contributed by atoms with Crippen LogP contribution in [0.4, 0.5) is 5.69 Å². The largest absolute Gasteiger partial charge is 0.355 e. The van der Waals surface area contributed by atoms with E-state index in [0.29, 0.717) is 22.2 Å². The Labute approximate surface area is 256 Å². The molecule has 0 fully saturated rings. The van der Waals surface area contributed by atoms with Gasteiger partial charge in [0.25, 0.3) is 10.0 Å². The van der Waals surface area contributed by atoms with Gasteiger partial charge in [0, 0.05) is 29.6 Å². The zero-order chi connectivity index (χ0) is 30.1. The van der Waals surface area contributed by atoms with Crippen molar-refractivity contribution in [1.29, 1.82) is 0 Å². The Bertz CT molecular complexity index is 1620. The van der Waals surface area contributed by atoms with Crippen molar-refractivity contribution in [3.05, 3.63) is 130 Å². The third kappa shape index (κ3) is 7.70. The molecule has 0 radical (unpaired) electrons. The summed E-state index contributed by atoms with van der Waals surface area (Å²) in [5, 5.41) is 3.57. The topological polar surface area (TPSA) is 86.8 Å². The lowest BCUT2D eigenvalue weighted by molar-refractivity contribution is -0.140. The molecule has 218 valence electrons. The zero-order valence-corrected chi connectivity index (χ0v) is 25.3. The quantitative estimate of drug-likeness (QED) is 0.211. The van der Waals surface area contributed by atoms with E-state index in [-0.39, 0.29) is 29.5 Å². The average molecular weight is 625 g/mol. The molecule has 1 N–H and O–H groups in total. The highest BCUT2D eigenvalue weighted by Gasteiger charge is 2.34. The van der Waals surface area contributed by atoms with Crippen LogP contribution in [0.1, 0.15) is 18.1 Å². The van der Waals surface area contributed by atoms with E-state index in [1.807, 2.05) is 30.3 Å². The second-order valence-electron chi connectivity index (χ2n) is 9.52. The van der Waals surface area contributed by atoms with Gasteiger partial charge in [0.05, 0.1) is 10.6 Å². The SMILES string of the molecule is CCNC(=O)[C@@H](Cc1ccccc1)N(Cc1ccccc1Cl)C(=O)CN(c1cccc(Cl)c1)S(=O)(=O)c1ccccc1. The smallest absolute Gasteiger partial charge is 0.264 e. The summed E-state index contributed by atoms with van der Waals surface area (Å²) in [4.78, 5) is 29.2. The summed E-state index contributed by atoms with van der Waals surface area (Å²) < 4.78 is 28.9.